The third kappa shape index (κ3) is 3.42. The molecule has 1 aromatic carbocycles. The van der Waals surface area contributed by atoms with Gasteiger partial charge in [0.25, 0.3) is 5.91 Å². The molecular weight excluding hydrogens is 286 g/mol. The van der Waals surface area contributed by atoms with E-state index in [2.05, 4.69) is 15.5 Å². The highest BCUT2D eigenvalue weighted by Gasteiger charge is 2.14. The molecule has 19 heavy (non-hydrogen) atoms. The number of hydrogen-bond acceptors (Lipinski definition) is 5. The molecule has 0 saturated carbocycles. The van der Waals surface area contributed by atoms with Crippen LogP contribution in [0.4, 0.5) is 5.69 Å². The highest BCUT2D eigenvalue weighted by atomic mass is 35.5. The Balaban J connectivity index is 2.20. The highest BCUT2D eigenvalue weighted by Crippen LogP contribution is 2.26. The number of anilines is 1. The molecule has 1 N–H and O–H groups in total. The lowest BCUT2D eigenvalue weighted by Gasteiger charge is -2.11. The summed E-state index contributed by atoms with van der Waals surface area (Å²) in [6.07, 6.45) is 0. The van der Waals surface area contributed by atoms with Crippen LogP contribution in [0.5, 0.6) is 5.75 Å². The lowest BCUT2D eigenvalue weighted by molar-refractivity contribution is 0.102. The summed E-state index contributed by atoms with van der Waals surface area (Å²) < 4.78 is 5.72. The topological polar surface area (TPSA) is 64.1 Å². The first-order valence-corrected chi connectivity index (χ1v) is 6.83. The summed E-state index contributed by atoms with van der Waals surface area (Å²) in [5.41, 5.74) is 1.66. The van der Waals surface area contributed by atoms with E-state index in [1.54, 1.807) is 6.07 Å². The van der Waals surface area contributed by atoms with E-state index in [1.807, 2.05) is 26.0 Å². The Hall–Kier alpha value is -1.66. The average molecular weight is 298 g/mol. The second-order valence-electron chi connectivity index (χ2n) is 3.75. The Bertz CT molecular complexity index is 600. The largest absolute Gasteiger partial charge is 0.492 e. The summed E-state index contributed by atoms with van der Waals surface area (Å²) in [5.74, 6) is 0.278. The maximum Gasteiger partial charge on any atom is 0.286 e. The van der Waals surface area contributed by atoms with Crippen LogP contribution in [0.2, 0.25) is 4.47 Å². The molecule has 1 aromatic heterocycles. The molecule has 2 aromatic rings. The molecule has 0 unspecified atom stereocenters. The molecule has 7 heteroatoms. The van der Waals surface area contributed by atoms with Gasteiger partial charge in [-0.2, -0.15) is 0 Å². The smallest absolute Gasteiger partial charge is 0.286 e. The predicted molar refractivity (Wildman–Crippen MR) is 75.2 cm³/mol. The molecule has 0 atom stereocenters. The van der Waals surface area contributed by atoms with E-state index < -0.39 is 0 Å². The number of nitrogens with one attached hydrogen (secondary N) is 1. The maximum absolute atomic E-state index is 12.0. The number of carbonyl (C=O) groups is 1. The van der Waals surface area contributed by atoms with Crippen LogP contribution in [0.25, 0.3) is 0 Å². The van der Waals surface area contributed by atoms with Crippen molar-refractivity contribution in [3.63, 3.8) is 0 Å². The zero-order valence-electron chi connectivity index (χ0n) is 10.4. The summed E-state index contributed by atoms with van der Waals surface area (Å²) in [7, 11) is 0. The van der Waals surface area contributed by atoms with Crippen LogP contribution in [0.15, 0.2) is 18.2 Å². The molecular formula is C12H12ClN3O2S. The standard InChI is InChI=1S/C12H12ClN3O2S/c1-3-18-9-6-7(2)4-5-8(9)14-10(17)11-15-16-12(13)19-11/h4-6H,3H2,1-2H3,(H,14,17). The minimum absolute atomic E-state index is 0.216. The van der Waals surface area contributed by atoms with Crippen molar-refractivity contribution in [3.05, 3.63) is 33.2 Å². The molecule has 0 saturated heterocycles. The second kappa shape index (κ2) is 5.99. The number of halogens is 1. The number of ether oxygens (including phenoxy) is 1. The average Bonchev–Trinajstić information content (AvgIpc) is 2.80. The Morgan fingerprint density at radius 1 is 1.47 bits per heavy atom. The van der Waals surface area contributed by atoms with Crippen molar-refractivity contribution >= 4 is 34.5 Å². The van der Waals surface area contributed by atoms with E-state index in [-0.39, 0.29) is 15.4 Å². The lowest BCUT2D eigenvalue weighted by atomic mass is 10.2. The molecule has 0 spiro atoms. The van der Waals surface area contributed by atoms with Gasteiger partial charge in [-0.25, -0.2) is 0 Å². The monoisotopic (exact) mass is 297 g/mol. The Morgan fingerprint density at radius 2 is 2.26 bits per heavy atom. The molecule has 0 aliphatic rings. The minimum atomic E-state index is -0.353. The number of nitrogens with zero attached hydrogens (tertiary/aromatic N) is 2. The number of aromatic nitrogens is 2. The van der Waals surface area contributed by atoms with Crippen molar-refractivity contribution in [1.82, 2.24) is 10.2 Å². The highest BCUT2D eigenvalue weighted by molar-refractivity contribution is 7.17. The summed E-state index contributed by atoms with van der Waals surface area (Å²) in [6.45, 7) is 4.37. The first-order valence-electron chi connectivity index (χ1n) is 5.64. The van der Waals surface area contributed by atoms with Gasteiger partial charge >= 0.3 is 0 Å². The van der Waals surface area contributed by atoms with Crippen molar-refractivity contribution < 1.29 is 9.53 Å². The van der Waals surface area contributed by atoms with E-state index in [0.717, 1.165) is 16.9 Å². The SMILES string of the molecule is CCOc1cc(C)ccc1NC(=O)c1nnc(Cl)s1. The molecule has 2 rings (SSSR count). The number of amides is 1. The Labute approximate surface area is 119 Å². The van der Waals surface area contributed by atoms with Gasteiger partial charge in [0, 0.05) is 0 Å². The first-order chi connectivity index (χ1) is 9.10. The van der Waals surface area contributed by atoms with Crippen molar-refractivity contribution in [2.24, 2.45) is 0 Å². The number of aryl methyl sites for hydroxylation is 1. The van der Waals surface area contributed by atoms with Gasteiger partial charge in [0.05, 0.1) is 12.3 Å². The third-order valence-electron chi connectivity index (χ3n) is 2.28. The number of carbonyl (C=O) groups excluding carboxylic acids is 1. The van der Waals surface area contributed by atoms with Crippen molar-refractivity contribution in [2.75, 3.05) is 11.9 Å². The zero-order chi connectivity index (χ0) is 13.8. The molecule has 100 valence electrons. The number of rotatable bonds is 4. The van der Waals surface area contributed by atoms with Gasteiger partial charge < -0.3 is 10.1 Å². The van der Waals surface area contributed by atoms with Crippen LogP contribution < -0.4 is 10.1 Å². The summed E-state index contributed by atoms with van der Waals surface area (Å²) in [5, 5.41) is 10.2. The fourth-order valence-electron chi connectivity index (χ4n) is 1.48. The molecule has 0 fully saturated rings. The van der Waals surface area contributed by atoms with Crippen LogP contribution in [0.3, 0.4) is 0 Å². The maximum atomic E-state index is 12.0. The Kier molecular flexibility index (Phi) is 4.34. The number of benzene rings is 1. The van der Waals surface area contributed by atoms with E-state index in [1.165, 1.54) is 0 Å². The van der Waals surface area contributed by atoms with E-state index in [4.69, 9.17) is 16.3 Å². The van der Waals surface area contributed by atoms with Crippen molar-refractivity contribution in [2.45, 2.75) is 13.8 Å². The molecule has 0 aliphatic carbocycles. The summed E-state index contributed by atoms with van der Waals surface area (Å²) in [6, 6.07) is 5.55. The molecule has 5 nitrogen and oxygen atoms in total. The second-order valence-corrected chi connectivity index (χ2v) is 5.31. The minimum Gasteiger partial charge on any atom is -0.492 e. The van der Waals surface area contributed by atoms with Gasteiger partial charge in [-0.05, 0) is 43.1 Å². The van der Waals surface area contributed by atoms with Crippen LogP contribution >= 0.6 is 22.9 Å². The van der Waals surface area contributed by atoms with E-state index >= 15 is 0 Å². The molecule has 1 amide bonds. The van der Waals surface area contributed by atoms with Crippen LogP contribution in [0, 0.1) is 6.92 Å². The summed E-state index contributed by atoms with van der Waals surface area (Å²) >= 11 is 6.68. The van der Waals surface area contributed by atoms with Gasteiger partial charge in [-0.3, -0.25) is 4.79 Å². The van der Waals surface area contributed by atoms with Crippen molar-refractivity contribution in [1.29, 1.82) is 0 Å². The normalized spacial score (nSPS) is 10.3. The first kappa shape index (κ1) is 13.8. The quantitative estimate of drug-likeness (QED) is 0.941. The van der Waals surface area contributed by atoms with E-state index in [0.29, 0.717) is 18.0 Å². The van der Waals surface area contributed by atoms with Gasteiger partial charge in [-0.15, -0.1) is 10.2 Å². The third-order valence-corrected chi connectivity index (χ3v) is 3.30. The summed E-state index contributed by atoms with van der Waals surface area (Å²) in [4.78, 5) is 12.0. The Morgan fingerprint density at radius 3 is 2.89 bits per heavy atom. The van der Waals surface area contributed by atoms with Gasteiger partial charge in [-0.1, -0.05) is 17.4 Å². The molecule has 0 bridgehead atoms. The molecule has 0 radical (unpaired) electrons. The lowest BCUT2D eigenvalue weighted by Crippen LogP contribution is -2.12. The van der Waals surface area contributed by atoms with Crippen LogP contribution in [-0.2, 0) is 0 Å². The van der Waals surface area contributed by atoms with Crippen molar-refractivity contribution in [3.8, 4) is 5.75 Å². The van der Waals surface area contributed by atoms with E-state index in [9.17, 15) is 4.79 Å². The fraction of sp³-hybridized carbons (Fsp3) is 0.250. The zero-order valence-corrected chi connectivity index (χ0v) is 12.0. The van der Waals surface area contributed by atoms with Gasteiger partial charge in [0.15, 0.2) is 0 Å². The van der Waals surface area contributed by atoms with Gasteiger partial charge in [0.2, 0.25) is 9.47 Å². The predicted octanol–water partition coefficient (Wildman–Crippen LogP) is 3.15. The fourth-order valence-corrected chi connectivity index (χ4v) is 2.20. The van der Waals surface area contributed by atoms with Crippen LogP contribution in [0.1, 0.15) is 22.3 Å². The van der Waals surface area contributed by atoms with Gasteiger partial charge in [0.1, 0.15) is 5.75 Å². The molecule has 0 aliphatic heterocycles. The van der Waals surface area contributed by atoms with Crippen LogP contribution in [-0.4, -0.2) is 22.7 Å². The molecule has 1 heterocycles. The number of hydrogen-bond donors (Lipinski definition) is 1.